The van der Waals surface area contributed by atoms with Crippen LogP contribution in [0.4, 0.5) is 10.6 Å². The Bertz CT molecular complexity index is 507. The Morgan fingerprint density at radius 1 is 1.22 bits per heavy atom. The van der Waals surface area contributed by atoms with Gasteiger partial charge >= 0.3 is 6.09 Å². The molecule has 6 nitrogen and oxygen atoms in total. The minimum Gasteiger partial charge on any atom is -0.444 e. The molecule has 0 unspecified atom stereocenters. The fourth-order valence-electron chi connectivity index (χ4n) is 1.81. The summed E-state index contributed by atoms with van der Waals surface area (Å²) in [7, 11) is 0. The van der Waals surface area contributed by atoms with E-state index in [1.807, 2.05) is 26.8 Å². The van der Waals surface area contributed by atoms with Gasteiger partial charge in [-0.25, -0.2) is 9.78 Å². The van der Waals surface area contributed by atoms with E-state index in [1.165, 1.54) is 0 Å². The van der Waals surface area contributed by atoms with Gasteiger partial charge in [0.1, 0.15) is 11.4 Å². The number of ether oxygens (including phenoxy) is 1. The highest BCUT2D eigenvalue weighted by molar-refractivity contribution is 5.95. The normalized spacial score (nSPS) is 11.0. The van der Waals surface area contributed by atoms with Crippen LogP contribution in [0.1, 0.15) is 57.3 Å². The molecule has 0 saturated heterocycles. The van der Waals surface area contributed by atoms with Crippen LogP contribution in [0.2, 0.25) is 0 Å². The number of aromatic nitrogens is 1. The molecular formula is C17H27N3O3. The Hall–Kier alpha value is -2.11. The molecule has 1 rings (SSSR count). The van der Waals surface area contributed by atoms with E-state index < -0.39 is 11.7 Å². The van der Waals surface area contributed by atoms with Crippen molar-refractivity contribution in [2.24, 2.45) is 0 Å². The van der Waals surface area contributed by atoms with Crippen molar-refractivity contribution in [2.45, 2.75) is 52.6 Å². The van der Waals surface area contributed by atoms with Gasteiger partial charge in [0.2, 0.25) is 0 Å². The highest BCUT2D eigenvalue weighted by atomic mass is 16.6. The van der Waals surface area contributed by atoms with Crippen molar-refractivity contribution < 1.29 is 14.3 Å². The number of hydrogen-bond acceptors (Lipinski definition) is 5. The lowest BCUT2D eigenvalue weighted by molar-refractivity contribution is 0.0525. The van der Waals surface area contributed by atoms with Crippen molar-refractivity contribution in [3.8, 4) is 0 Å². The molecule has 0 bridgehead atoms. The predicted molar refractivity (Wildman–Crippen MR) is 90.8 cm³/mol. The molecule has 0 aliphatic carbocycles. The highest BCUT2D eigenvalue weighted by Crippen LogP contribution is 2.09. The standard InChI is InChI=1S/C17H27N3O3/c1-5-10-18-15-9-8-13(12-20-15)14(21)7-6-11-19-16(22)23-17(2,3)4/h8-9,12H,5-7,10-11H2,1-4H3,(H,18,20)(H,19,22). The Morgan fingerprint density at radius 3 is 2.52 bits per heavy atom. The lowest BCUT2D eigenvalue weighted by atomic mass is 10.1. The summed E-state index contributed by atoms with van der Waals surface area (Å²) in [4.78, 5) is 27.7. The van der Waals surface area contributed by atoms with Gasteiger partial charge in [0, 0.05) is 31.3 Å². The number of Topliss-reactive ketones (excluding diaryl/α,β-unsaturated/α-hetero) is 1. The number of nitrogens with zero attached hydrogens (tertiary/aromatic N) is 1. The second kappa shape index (κ2) is 9.12. The molecule has 0 radical (unpaired) electrons. The molecule has 128 valence electrons. The van der Waals surface area contributed by atoms with Crippen molar-refractivity contribution in [2.75, 3.05) is 18.4 Å². The van der Waals surface area contributed by atoms with Crippen LogP contribution in [-0.2, 0) is 4.74 Å². The van der Waals surface area contributed by atoms with Crippen molar-refractivity contribution in [3.05, 3.63) is 23.9 Å². The lowest BCUT2D eigenvalue weighted by Gasteiger charge is -2.19. The van der Waals surface area contributed by atoms with Crippen LogP contribution in [-0.4, -0.2) is 35.6 Å². The molecule has 1 heterocycles. The van der Waals surface area contributed by atoms with E-state index in [0.29, 0.717) is 24.9 Å². The first-order valence-corrected chi connectivity index (χ1v) is 8.02. The summed E-state index contributed by atoms with van der Waals surface area (Å²) in [6.07, 6.45) is 3.07. The Balaban J connectivity index is 2.30. The van der Waals surface area contributed by atoms with E-state index in [1.54, 1.807) is 12.3 Å². The molecule has 0 aromatic carbocycles. The molecule has 2 N–H and O–H groups in total. The van der Waals surface area contributed by atoms with E-state index >= 15 is 0 Å². The van der Waals surface area contributed by atoms with Crippen molar-refractivity contribution >= 4 is 17.7 Å². The molecule has 0 aliphatic rings. The molecule has 0 saturated carbocycles. The lowest BCUT2D eigenvalue weighted by Crippen LogP contribution is -2.33. The van der Waals surface area contributed by atoms with Gasteiger partial charge in [0.15, 0.2) is 5.78 Å². The monoisotopic (exact) mass is 321 g/mol. The number of anilines is 1. The fourth-order valence-corrected chi connectivity index (χ4v) is 1.81. The molecule has 0 atom stereocenters. The number of carbonyl (C=O) groups is 2. The summed E-state index contributed by atoms with van der Waals surface area (Å²) in [6.45, 7) is 8.77. The Kier molecular flexibility index (Phi) is 7.51. The van der Waals surface area contributed by atoms with Gasteiger partial charge < -0.3 is 15.4 Å². The molecule has 1 aromatic rings. The van der Waals surface area contributed by atoms with Crippen LogP contribution in [0.5, 0.6) is 0 Å². The van der Waals surface area contributed by atoms with Gasteiger partial charge in [-0.15, -0.1) is 0 Å². The van der Waals surface area contributed by atoms with Crippen LogP contribution in [0.25, 0.3) is 0 Å². The largest absolute Gasteiger partial charge is 0.444 e. The zero-order valence-electron chi connectivity index (χ0n) is 14.4. The number of hydrogen-bond donors (Lipinski definition) is 2. The van der Waals surface area contributed by atoms with Gasteiger partial charge in [-0.1, -0.05) is 6.92 Å². The molecule has 0 aliphatic heterocycles. The molecule has 0 fully saturated rings. The summed E-state index contributed by atoms with van der Waals surface area (Å²) >= 11 is 0. The zero-order chi connectivity index (χ0) is 17.3. The number of ketones is 1. The van der Waals surface area contributed by atoms with Crippen LogP contribution >= 0.6 is 0 Å². The topological polar surface area (TPSA) is 80.3 Å². The van der Waals surface area contributed by atoms with Crippen molar-refractivity contribution in [1.82, 2.24) is 10.3 Å². The number of carbonyl (C=O) groups excluding carboxylic acids is 2. The van der Waals surface area contributed by atoms with Gasteiger partial charge in [0.25, 0.3) is 0 Å². The minimum absolute atomic E-state index is 0.0190. The maximum absolute atomic E-state index is 12.0. The van der Waals surface area contributed by atoms with Crippen molar-refractivity contribution in [3.63, 3.8) is 0 Å². The second-order valence-corrected chi connectivity index (χ2v) is 6.31. The Labute approximate surface area is 138 Å². The quantitative estimate of drug-likeness (QED) is 0.566. The predicted octanol–water partition coefficient (Wildman–Crippen LogP) is 3.39. The molecular weight excluding hydrogens is 294 g/mol. The van der Waals surface area contributed by atoms with Crippen LogP contribution < -0.4 is 10.6 Å². The van der Waals surface area contributed by atoms with Gasteiger partial charge in [-0.05, 0) is 45.7 Å². The van der Waals surface area contributed by atoms with Crippen LogP contribution in [0, 0.1) is 0 Å². The van der Waals surface area contributed by atoms with Gasteiger partial charge in [-0.2, -0.15) is 0 Å². The zero-order valence-corrected chi connectivity index (χ0v) is 14.4. The van der Waals surface area contributed by atoms with Gasteiger partial charge in [0.05, 0.1) is 0 Å². The van der Waals surface area contributed by atoms with Gasteiger partial charge in [-0.3, -0.25) is 4.79 Å². The maximum Gasteiger partial charge on any atom is 0.407 e. The molecule has 23 heavy (non-hydrogen) atoms. The van der Waals surface area contributed by atoms with E-state index in [4.69, 9.17) is 4.74 Å². The summed E-state index contributed by atoms with van der Waals surface area (Å²) in [5.41, 5.74) is 0.0726. The maximum atomic E-state index is 12.0. The first-order valence-electron chi connectivity index (χ1n) is 8.02. The minimum atomic E-state index is -0.515. The number of amides is 1. The van der Waals surface area contributed by atoms with E-state index in [9.17, 15) is 9.59 Å². The second-order valence-electron chi connectivity index (χ2n) is 6.31. The van der Waals surface area contributed by atoms with Crippen molar-refractivity contribution in [1.29, 1.82) is 0 Å². The average molecular weight is 321 g/mol. The first-order chi connectivity index (χ1) is 10.8. The third-order valence-corrected chi connectivity index (χ3v) is 2.89. The van der Waals surface area contributed by atoms with E-state index in [0.717, 1.165) is 18.8 Å². The third kappa shape index (κ3) is 8.18. The summed E-state index contributed by atoms with van der Waals surface area (Å²) in [6, 6.07) is 3.58. The smallest absolute Gasteiger partial charge is 0.407 e. The van der Waals surface area contributed by atoms with Crippen LogP contribution in [0.3, 0.4) is 0 Å². The molecule has 1 aromatic heterocycles. The highest BCUT2D eigenvalue weighted by Gasteiger charge is 2.15. The molecule has 6 heteroatoms. The molecule has 0 spiro atoms. The first kappa shape index (κ1) is 18.9. The average Bonchev–Trinajstić information content (AvgIpc) is 2.48. The van der Waals surface area contributed by atoms with E-state index in [-0.39, 0.29) is 5.78 Å². The summed E-state index contributed by atoms with van der Waals surface area (Å²) < 4.78 is 5.12. The molecule has 1 amide bonds. The number of nitrogens with one attached hydrogen (secondary N) is 2. The van der Waals surface area contributed by atoms with E-state index in [2.05, 4.69) is 22.5 Å². The third-order valence-electron chi connectivity index (χ3n) is 2.89. The SMILES string of the molecule is CCCNc1ccc(C(=O)CCCNC(=O)OC(C)(C)C)cn1. The number of pyridine rings is 1. The summed E-state index contributed by atoms with van der Waals surface area (Å²) in [5.74, 6) is 0.792. The summed E-state index contributed by atoms with van der Waals surface area (Å²) in [5, 5.41) is 5.80. The fraction of sp³-hybridized carbons (Fsp3) is 0.588. The number of alkyl carbamates (subject to hydrolysis) is 1. The Morgan fingerprint density at radius 2 is 1.96 bits per heavy atom. The van der Waals surface area contributed by atoms with Crippen LogP contribution in [0.15, 0.2) is 18.3 Å². The number of rotatable bonds is 8.